The number of hydrogen-bond acceptors (Lipinski definition) is 2. The van der Waals surface area contributed by atoms with E-state index in [9.17, 15) is 0 Å². The van der Waals surface area contributed by atoms with Crippen molar-refractivity contribution in [3.8, 4) is 0 Å². The standard InChI is InChI=1S/C16H19ClN2/c1-19(2)13-9-7-12(8-10-13)11-16(18)14-5-3-4-6-15(14)17/h3-10,16H,11,18H2,1-2H3. The van der Waals surface area contributed by atoms with Gasteiger partial charge in [0.05, 0.1) is 0 Å². The van der Waals surface area contributed by atoms with Crippen molar-refractivity contribution >= 4 is 17.3 Å². The first-order valence-electron chi connectivity index (χ1n) is 6.34. The second-order valence-electron chi connectivity index (χ2n) is 4.89. The molecule has 0 bridgehead atoms. The Morgan fingerprint density at radius 2 is 1.68 bits per heavy atom. The minimum Gasteiger partial charge on any atom is -0.378 e. The summed E-state index contributed by atoms with van der Waals surface area (Å²) in [5.74, 6) is 0. The zero-order valence-electron chi connectivity index (χ0n) is 11.3. The molecular formula is C16H19ClN2. The lowest BCUT2D eigenvalue weighted by molar-refractivity contribution is 0.722. The fraction of sp³-hybridized carbons (Fsp3) is 0.250. The summed E-state index contributed by atoms with van der Waals surface area (Å²) < 4.78 is 0. The molecule has 1 unspecified atom stereocenters. The summed E-state index contributed by atoms with van der Waals surface area (Å²) >= 11 is 6.17. The smallest absolute Gasteiger partial charge is 0.0453 e. The SMILES string of the molecule is CN(C)c1ccc(CC(N)c2ccccc2Cl)cc1. The third kappa shape index (κ3) is 3.49. The number of halogens is 1. The van der Waals surface area contributed by atoms with Gasteiger partial charge in [0.2, 0.25) is 0 Å². The van der Waals surface area contributed by atoms with Crippen LogP contribution in [0.2, 0.25) is 5.02 Å². The van der Waals surface area contributed by atoms with E-state index in [2.05, 4.69) is 29.2 Å². The largest absolute Gasteiger partial charge is 0.378 e. The Labute approximate surface area is 119 Å². The Bertz CT molecular complexity index is 535. The van der Waals surface area contributed by atoms with Crippen LogP contribution >= 0.6 is 11.6 Å². The Morgan fingerprint density at radius 3 is 2.26 bits per heavy atom. The van der Waals surface area contributed by atoms with Gasteiger partial charge in [0.1, 0.15) is 0 Å². The fourth-order valence-electron chi connectivity index (χ4n) is 2.07. The lowest BCUT2D eigenvalue weighted by atomic mass is 9.99. The van der Waals surface area contributed by atoms with E-state index in [4.69, 9.17) is 17.3 Å². The van der Waals surface area contributed by atoms with Gasteiger partial charge in [0.25, 0.3) is 0 Å². The molecule has 19 heavy (non-hydrogen) atoms. The summed E-state index contributed by atoms with van der Waals surface area (Å²) in [6.07, 6.45) is 0.789. The molecule has 3 heteroatoms. The van der Waals surface area contributed by atoms with E-state index in [1.807, 2.05) is 38.4 Å². The molecule has 0 aliphatic heterocycles. The molecule has 2 N–H and O–H groups in total. The van der Waals surface area contributed by atoms with E-state index >= 15 is 0 Å². The minimum absolute atomic E-state index is 0.0705. The Kier molecular flexibility index (Phi) is 4.46. The van der Waals surface area contributed by atoms with Crippen LogP contribution in [-0.2, 0) is 6.42 Å². The van der Waals surface area contributed by atoms with Gasteiger partial charge in [0, 0.05) is 30.8 Å². The van der Waals surface area contributed by atoms with Crippen LogP contribution in [0.15, 0.2) is 48.5 Å². The number of rotatable bonds is 4. The quantitative estimate of drug-likeness (QED) is 0.922. The fourth-order valence-corrected chi connectivity index (χ4v) is 2.35. The second-order valence-corrected chi connectivity index (χ2v) is 5.30. The lowest BCUT2D eigenvalue weighted by Gasteiger charge is -2.16. The monoisotopic (exact) mass is 274 g/mol. The molecule has 0 heterocycles. The average Bonchev–Trinajstić information content (AvgIpc) is 2.39. The van der Waals surface area contributed by atoms with Crippen molar-refractivity contribution in [2.45, 2.75) is 12.5 Å². The third-order valence-electron chi connectivity index (χ3n) is 3.21. The lowest BCUT2D eigenvalue weighted by Crippen LogP contribution is -2.14. The van der Waals surface area contributed by atoms with Crippen molar-refractivity contribution in [1.29, 1.82) is 0 Å². The van der Waals surface area contributed by atoms with Crippen molar-refractivity contribution in [3.05, 3.63) is 64.7 Å². The summed E-state index contributed by atoms with van der Waals surface area (Å²) in [4.78, 5) is 2.08. The van der Waals surface area contributed by atoms with Crippen molar-refractivity contribution in [2.75, 3.05) is 19.0 Å². The van der Waals surface area contributed by atoms with Crippen molar-refractivity contribution in [3.63, 3.8) is 0 Å². The van der Waals surface area contributed by atoms with Crippen LogP contribution in [0.1, 0.15) is 17.2 Å². The molecule has 0 aliphatic carbocycles. The van der Waals surface area contributed by atoms with Gasteiger partial charge < -0.3 is 10.6 Å². The highest BCUT2D eigenvalue weighted by molar-refractivity contribution is 6.31. The number of hydrogen-bond donors (Lipinski definition) is 1. The number of anilines is 1. The van der Waals surface area contributed by atoms with Crippen LogP contribution in [-0.4, -0.2) is 14.1 Å². The molecule has 0 saturated carbocycles. The van der Waals surface area contributed by atoms with Gasteiger partial charge in [-0.3, -0.25) is 0 Å². The first-order valence-corrected chi connectivity index (χ1v) is 6.72. The van der Waals surface area contributed by atoms with Gasteiger partial charge >= 0.3 is 0 Å². The van der Waals surface area contributed by atoms with Crippen LogP contribution in [0.4, 0.5) is 5.69 Å². The highest BCUT2D eigenvalue weighted by Gasteiger charge is 2.10. The predicted octanol–water partition coefficient (Wildman–Crippen LogP) is 3.65. The Balaban J connectivity index is 2.11. The molecule has 2 aromatic rings. The molecule has 0 fully saturated rings. The maximum absolute atomic E-state index is 6.23. The van der Waals surface area contributed by atoms with E-state index in [0.717, 1.165) is 17.0 Å². The third-order valence-corrected chi connectivity index (χ3v) is 3.56. The highest BCUT2D eigenvalue weighted by atomic mass is 35.5. The second kappa shape index (κ2) is 6.09. The van der Waals surface area contributed by atoms with E-state index in [1.54, 1.807) is 0 Å². The summed E-state index contributed by atoms with van der Waals surface area (Å²) in [5, 5.41) is 0.736. The van der Waals surface area contributed by atoms with Crippen LogP contribution in [0.3, 0.4) is 0 Å². The van der Waals surface area contributed by atoms with Gasteiger partial charge in [0.15, 0.2) is 0 Å². The molecular weight excluding hydrogens is 256 g/mol. The molecule has 2 aromatic carbocycles. The molecule has 0 aromatic heterocycles. The summed E-state index contributed by atoms with van der Waals surface area (Å²) in [7, 11) is 4.06. The zero-order valence-corrected chi connectivity index (χ0v) is 12.1. The molecule has 0 amide bonds. The molecule has 0 aliphatic rings. The average molecular weight is 275 g/mol. The Hall–Kier alpha value is -1.51. The maximum atomic E-state index is 6.23. The normalized spacial score (nSPS) is 12.2. The van der Waals surface area contributed by atoms with Crippen molar-refractivity contribution in [1.82, 2.24) is 0 Å². The van der Waals surface area contributed by atoms with Crippen molar-refractivity contribution in [2.24, 2.45) is 5.73 Å². The number of benzene rings is 2. The molecule has 2 rings (SSSR count). The van der Waals surface area contributed by atoms with Crippen LogP contribution < -0.4 is 10.6 Å². The molecule has 0 radical (unpaired) electrons. The predicted molar refractivity (Wildman–Crippen MR) is 82.9 cm³/mol. The first-order chi connectivity index (χ1) is 9.08. The maximum Gasteiger partial charge on any atom is 0.0453 e. The van der Waals surface area contributed by atoms with Gasteiger partial charge in [-0.05, 0) is 35.7 Å². The number of nitrogens with zero attached hydrogens (tertiary/aromatic N) is 1. The van der Waals surface area contributed by atoms with E-state index in [1.165, 1.54) is 11.3 Å². The highest BCUT2D eigenvalue weighted by Crippen LogP contribution is 2.24. The van der Waals surface area contributed by atoms with Crippen molar-refractivity contribution < 1.29 is 0 Å². The van der Waals surface area contributed by atoms with Gasteiger partial charge in [-0.1, -0.05) is 41.9 Å². The molecule has 2 nitrogen and oxygen atoms in total. The van der Waals surface area contributed by atoms with Crippen LogP contribution in [0.5, 0.6) is 0 Å². The summed E-state index contributed by atoms with van der Waals surface area (Å²) in [6, 6.07) is 16.1. The van der Waals surface area contributed by atoms with E-state index in [0.29, 0.717) is 0 Å². The van der Waals surface area contributed by atoms with Gasteiger partial charge in [-0.15, -0.1) is 0 Å². The van der Waals surface area contributed by atoms with E-state index < -0.39 is 0 Å². The molecule has 0 saturated heterocycles. The summed E-state index contributed by atoms with van der Waals surface area (Å²) in [5.41, 5.74) is 9.64. The van der Waals surface area contributed by atoms with Crippen LogP contribution in [0, 0.1) is 0 Å². The van der Waals surface area contributed by atoms with Gasteiger partial charge in [-0.2, -0.15) is 0 Å². The molecule has 0 spiro atoms. The topological polar surface area (TPSA) is 29.3 Å². The summed E-state index contributed by atoms with van der Waals surface area (Å²) in [6.45, 7) is 0. The van der Waals surface area contributed by atoms with Crippen LogP contribution in [0.25, 0.3) is 0 Å². The molecule has 100 valence electrons. The zero-order chi connectivity index (χ0) is 13.8. The number of nitrogens with two attached hydrogens (primary N) is 1. The first kappa shape index (κ1) is 13.9. The molecule has 1 atom stereocenters. The van der Waals surface area contributed by atoms with E-state index in [-0.39, 0.29) is 6.04 Å². The van der Waals surface area contributed by atoms with Gasteiger partial charge in [-0.25, -0.2) is 0 Å². The Morgan fingerprint density at radius 1 is 1.05 bits per heavy atom. The minimum atomic E-state index is -0.0705.